The van der Waals surface area contributed by atoms with Gasteiger partial charge in [-0.3, -0.25) is 5.10 Å². The third-order valence-corrected chi connectivity index (χ3v) is 7.48. The molecule has 9 nitrogen and oxygen atoms in total. The predicted octanol–water partition coefficient (Wildman–Crippen LogP) is 3.53. The normalized spacial score (nSPS) is 11.2. The summed E-state index contributed by atoms with van der Waals surface area (Å²) in [7, 11) is 0.446. The monoisotopic (exact) mass is 643 g/mol. The van der Waals surface area contributed by atoms with E-state index in [0.29, 0.717) is 13.6 Å². The summed E-state index contributed by atoms with van der Waals surface area (Å²) in [5, 5.41) is 21.9. The molecule has 3 aromatic rings. The Balaban J connectivity index is 0.000000558. The van der Waals surface area contributed by atoms with E-state index in [2.05, 4.69) is 52.7 Å². The SMILES string of the molecule is CCP(CC)CC.O=C(N[C@H](Cc1c[nH]c2ccccc12)C(=O)O)OCc1[c-]nn[nH]1.[Au+]. The molecular weight excluding hydrogens is 614 g/mol. The van der Waals surface area contributed by atoms with Gasteiger partial charge in [-0.25, -0.2) is 9.59 Å². The zero-order valence-corrected chi connectivity index (χ0v) is 21.4. The number of benzene rings is 1. The summed E-state index contributed by atoms with van der Waals surface area (Å²) in [6.45, 7) is 6.74. The van der Waals surface area contributed by atoms with Crippen LogP contribution in [0.2, 0.25) is 0 Å². The van der Waals surface area contributed by atoms with Gasteiger partial charge in [-0.2, -0.15) is 0 Å². The number of fused-ring (bicyclic) bond motifs is 1. The smallest absolute Gasteiger partial charge is 0.480 e. The van der Waals surface area contributed by atoms with Crippen molar-refractivity contribution in [2.45, 2.75) is 39.8 Å². The van der Waals surface area contributed by atoms with Gasteiger partial charge in [-0.1, -0.05) is 44.7 Å². The first-order chi connectivity index (χ1) is 15.0. The number of amides is 1. The van der Waals surface area contributed by atoms with Crippen LogP contribution in [0, 0.1) is 6.20 Å². The molecule has 0 aliphatic heterocycles. The Morgan fingerprint density at radius 1 is 1.22 bits per heavy atom. The largest absolute Gasteiger partial charge is 1.00 e. The number of rotatable bonds is 9. The van der Waals surface area contributed by atoms with Crippen LogP contribution in [0.4, 0.5) is 4.79 Å². The fourth-order valence-electron chi connectivity index (χ4n) is 2.97. The van der Waals surface area contributed by atoms with Crippen LogP contribution < -0.4 is 5.32 Å². The van der Waals surface area contributed by atoms with Crippen molar-refractivity contribution in [2.24, 2.45) is 0 Å². The standard InChI is InChI=1S/C15H14N5O4.C6H15P.Au/c21-14(22)13(18-15(23)24-8-10-7-17-20-19-10)5-9-6-16-12-4-2-1-3-11(9)12;1-4-7(5-2)6-3;/h1-4,6,13,16H,5,8H2,(H,18,23)(H,21,22)(H,17,19,20);4-6H2,1-3H3;/q-1;;+1/t13-;;/m1../s1. The molecule has 4 N–H and O–H groups in total. The van der Waals surface area contributed by atoms with Crippen LogP contribution in [0.3, 0.4) is 0 Å². The number of aliphatic carboxylic acids is 1. The third kappa shape index (κ3) is 8.75. The van der Waals surface area contributed by atoms with E-state index < -0.39 is 18.1 Å². The second-order valence-corrected chi connectivity index (χ2v) is 9.94. The van der Waals surface area contributed by atoms with Gasteiger partial charge in [0.25, 0.3) is 0 Å². The molecule has 2 heterocycles. The summed E-state index contributed by atoms with van der Waals surface area (Å²) in [6.07, 6.45) is 7.76. The number of para-hydroxylation sites is 1. The molecule has 0 fully saturated rings. The summed E-state index contributed by atoms with van der Waals surface area (Å²) < 4.78 is 4.91. The van der Waals surface area contributed by atoms with Crippen molar-refractivity contribution in [3.05, 3.63) is 47.9 Å². The number of H-pyrrole nitrogens is 2. The molecule has 3 rings (SSSR count). The number of alkyl carbamates (subject to hydrolysis) is 1. The van der Waals surface area contributed by atoms with E-state index in [1.165, 1.54) is 18.5 Å². The maximum absolute atomic E-state index is 11.8. The number of aromatic nitrogens is 4. The van der Waals surface area contributed by atoms with Gasteiger partial charge in [0.2, 0.25) is 0 Å². The molecule has 0 radical (unpaired) electrons. The van der Waals surface area contributed by atoms with E-state index in [1.807, 2.05) is 24.3 Å². The van der Waals surface area contributed by atoms with Crippen molar-refractivity contribution < 1.29 is 41.8 Å². The van der Waals surface area contributed by atoms with Gasteiger partial charge in [0.05, 0.1) is 0 Å². The minimum absolute atomic E-state index is 0. The summed E-state index contributed by atoms with van der Waals surface area (Å²) in [5.41, 5.74) is 2.08. The average molecular weight is 643 g/mol. The van der Waals surface area contributed by atoms with Crippen molar-refractivity contribution in [1.82, 2.24) is 25.7 Å². The molecule has 32 heavy (non-hydrogen) atoms. The van der Waals surface area contributed by atoms with Crippen LogP contribution in [-0.2, 0) is 44.9 Å². The topological polar surface area (TPSA) is 133 Å². The maximum atomic E-state index is 11.8. The Labute approximate surface area is 204 Å². The Morgan fingerprint density at radius 2 is 1.91 bits per heavy atom. The van der Waals surface area contributed by atoms with Crippen LogP contribution in [0.1, 0.15) is 32.0 Å². The van der Waals surface area contributed by atoms with Crippen molar-refractivity contribution >= 4 is 30.9 Å². The summed E-state index contributed by atoms with van der Waals surface area (Å²) >= 11 is 0. The summed E-state index contributed by atoms with van der Waals surface area (Å²) in [5.74, 6) is -1.15. The minimum atomic E-state index is -1.15. The third-order valence-electron chi connectivity index (χ3n) is 4.80. The molecule has 0 saturated carbocycles. The Bertz CT molecular complexity index is 941. The first kappa shape index (κ1) is 27.8. The van der Waals surface area contributed by atoms with Crippen molar-refractivity contribution in [3.63, 3.8) is 0 Å². The Kier molecular flexibility index (Phi) is 12.9. The van der Waals surface area contributed by atoms with E-state index >= 15 is 0 Å². The fourth-order valence-corrected chi connectivity index (χ4v) is 4.31. The van der Waals surface area contributed by atoms with Crippen LogP contribution in [0.15, 0.2) is 30.5 Å². The zero-order chi connectivity index (χ0) is 22.6. The molecule has 0 aliphatic carbocycles. The van der Waals surface area contributed by atoms with Gasteiger partial charge in [0.1, 0.15) is 12.6 Å². The molecule has 1 amide bonds. The van der Waals surface area contributed by atoms with Gasteiger partial charge in [0, 0.05) is 23.5 Å². The number of nitrogens with one attached hydrogen (secondary N) is 3. The number of hydrogen-bond acceptors (Lipinski definition) is 5. The quantitative estimate of drug-likeness (QED) is 0.160. The Morgan fingerprint density at radius 3 is 2.47 bits per heavy atom. The van der Waals surface area contributed by atoms with Gasteiger partial charge in [0.15, 0.2) is 0 Å². The van der Waals surface area contributed by atoms with E-state index in [4.69, 9.17) is 4.74 Å². The molecule has 0 aliphatic rings. The molecule has 11 heteroatoms. The Hall–Kier alpha value is -2.19. The number of carboxylic acid groups (broad SMARTS) is 1. The van der Waals surface area contributed by atoms with Crippen molar-refractivity contribution in [1.29, 1.82) is 0 Å². The second kappa shape index (κ2) is 14.8. The molecule has 1 atom stereocenters. The van der Waals surface area contributed by atoms with Crippen LogP contribution in [0.25, 0.3) is 10.9 Å². The van der Waals surface area contributed by atoms with Crippen molar-refractivity contribution in [2.75, 3.05) is 18.5 Å². The average Bonchev–Trinajstić information content (AvgIpc) is 3.44. The minimum Gasteiger partial charge on any atom is -0.480 e. The van der Waals surface area contributed by atoms with Crippen LogP contribution in [0.5, 0.6) is 0 Å². The zero-order valence-electron chi connectivity index (χ0n) is 18.3. The predicted molar refractivity (Wildman–Crippen MR) is 121 cm³/mol. The van der Waals surface area contributed by atoms with E-state index in [-0.39, 0.29) is 35.4 Å². The summed E-state index contributed by atoms with van der Waals surface area (Å²) in [6, 6.07) is 6.42. The van der Waals surface area contributed by atoms with Gasteiger partial charge >= 0.3 is 34.4 Å². The van der Waals surface area contributed by atoms with E-state index in [0.717, 1.165) is 16.5 Å². The van der Waals surface area contributed by atoms with Crippen LogP contribution in [-0.4, -0.2) is 62.1 Å². The van der Waals surface area contributed by atoms with E-state index in [9.17, 15) is 14.7 Å². The molecule has 0 saturated heterocycles. The molecule has 178 valence electrons. The molecular formula is C21H29AuN5O4P. The molecule has 1 aromatic carbocycles. The van der Waals surface area contributed by atoms with Gasteiger partial charge in [-0.15, -0.1) is 13.1 Å². The maximum Gasteiger partial charge on any atom is 1.00 e. The summed E-state index contributed by atoms with van der Waals surface area (Å²) in [4.78, 5) is 26.3. The molecule has 0 spiro atoms. The first-order valence-corrected chi connectivity index (χ1v) is 12.1. The molecule has 0 unspecified atom stereocenters. The second-order valence-electron chi connectivity index (χ2n) is 6.70. The fraction of sp³-hybridized carbons (Fsp3) is 0.429. The van der Waals surface area contributed by atoms with E-state index in [1.54, 1.807) is 6.20 Å². The van der Waals surface area contributed by atoms with Crippen LogP contribution >= 0.6 is 7.92 Å². The number of hydrogen-bond donors (Lipinski definition) is 4. The number of nitrogens with zero attached hydrogens (tertiary/aromatic N) is 2. The number of aromatic amines is 2. The number of carboxylic acids is 1. The van der Waals surface area contributed by atoms with Gasteiger partial charge < -0.3 is 31.4 Å². The number of carbonyl (C=O) groups is 2. The van der Waals surface area contributed by atoms with Gasteiger partial charge in [-0.05, 0) is 30.1 Å². The van der Waals surface area contributed by atoms with Crippen molar-refractivity contribution in [3.8, 4) is 0 Å². The first-order valence-electron chi connectivity index (χ1n) is 10.2. The molecule has 0 bridgehead atoms. The number of carbonyl (C=O) groups excluding carboxylic acids is 1. The number of ether oxygens (including phenoxy) is 1. The molecule has 2 aromatic heterocycles.